The quantitative estimate of drug-likeness (QED) is 0.505. The van der Waals surface area contributed by atoms with Crippen LogP contribution in [0.4, 0.5) is 0 Å². The standard InChI is InChI=1S/3C5H8O2.Y/c3*1-4(6)3-5(2)7;/h3*3,6H,1-2H3;/b3*4-3-;. The number of aliphatic hydroxyl groups is 3. The zero-order chi connectivity index (χ0) is 17.6. The van der Waals surface area contributed by atoms with Crippen LogP contribution in [0.3, 0.4) is 0 Å². The molecule has 0 amide bonds. The topological polar surface area (TPSA) is 112 Å². The van der Waals surface area contributed by atoms with Crippen molar-refractivity contribution in [2.45, 2.75) is 41.5 Å². The summed E-state index contributed by atoms with van der Waals surface area (Å²) in [7, 11) is 0. The van der Waals surface area contributed by atoms with Gasteiger partial charge >= 0.3 is 0 Å². The molecule has 6 nitrogen and oxygen atoms in total. The first-order chi connectivity index (χ1) is 9.38. The van der Waals surface area contributed by atoms with Gasteiger partial charge in [-0.2, -0.15) is 0 Å². The molecule has 0 aliphatic rings. The molecule has 0 aromatic heterocycles. The van der Waals surface area contributed by atoms with E-state index in [2.05, 4.69) is 0 Å². The van der Waals surface area contributed by atoms with Gasteiger partial charge in [-0.05, 0) is 41.5 Å². The Hall–Kier alpha value is -1.27. The first kappa shape index (κ1) is 28.8. The van der Waals surface area contributed by atoms with Gasteiger partial charge < -0.3 is 15.3 Å². The fourth-order valence-corrected chi connectivity index (χ4v) is 0.882. The number of allylic oxidation sites excluding steroid dienone is 6. The zero-order valence-electron chi connectivity index (χ0n) is 13.9. The molecule has 0 rings (SSSR count). The van der Waals surface area contributed by atoms with Crippen LogP contribution < -0.4 is 0 Å². The van der Waals surface area contributed by atoms with Gasteiger partial charge in [0.15, 0.2) is 17.3 Å². The number of rotatable bonds is 3. The Kier molecular flexibility index (Phi) is 23.3. The summed E-state index contributed by atoms with van der Waals surface area (Å²) >= 11 is 0. The van der Waals surface area contributed by atoms with Crippen molar-refractivity contribution < 1.29 is 62.4 Å². The summed E-state index contributed by atoms with van der Waals surface area (Å²) in [6.07, 6.45) is 3.50. The minimum Gasteiger partial charge on any atom is -0.512 e. The maximum atomic E-state index is 10.0. The van der Waals surface area contributed by atoms with Crippen molar-refractivity contribution in [3.05, 3.63) is 35.5 Å². The molecule has 0 spiro atoms. The number of carbonyl (C=O) groups is 3. The summed E-state index contributed by atoms with van der Waals surface area (Å²) in [5.41, 5.74) is 0. The van der Waals surface area contributed by atoms with Crippen molar-refractivity contribution in [3.63, 3.8) is 0 Å². The Morgan fingerprint density at radius 2 is 0.682 bits per heavy atom. The minimum absolute atomic E-state index is 0. The van der Waals surface area contributed by atoms with Crippen LogP contribution in [-0.2, 0) is 47.1 Å². The van der Waals surface area contributed by atoms with Crippen molar-refractivity contribution in [3.8, 4) is 0 Å². The molecular weight excluding hydrogens is 365 g/mol. The van der Waals surface area contributed by atoms with Crippen molar-refractivity contribution in [2.24, 2.45) is 0 Å². The minimum atomic E-state index is -0.125. The van der Waals surface area contributed by atoms with E-state index in [9.17, 15) is 14.4 Å². The van der Waals surface area contributed by atoms with Crippen molar-refractivity contribution in [1.29, 1.82) is 0 Å². The molecule has 0 saturated carbocycles. The van der Waals surface area contributed by atoms with Crippen molar-refractivity contribution >= 4 is 17.3 Å². The molecule has 3 N–H and O–H groups in total. The van der Waals surface area contributed by atoms with Crippen LogP contribution in [0.5, 0.6) is 0 Å². The molecule has 22 heavy (non-hydrogen) atoms. The summed E-state index contributed by atoms with van der Waals surface area (Å²) in [4.78, 5) is 30.1. The van der Waals surface area contributed by atoms with Gasteiger partial charge in [0.05, 0.1) is 17.3 Å². The predicted molar refractivity (Wildman–Crippen MR) is 81.2 cm³/mol. The van der Waals surface area contributed by atoms with Crippen molar-refractivity contribution in [2.75, 3.05) is 0 Å². The average molecular weight is 389 g/mol. The van der Waals surface area contributed by atoms with Crippen LogP contribution in [0.2, 0.25) is 0 Å². The maximum Gasteiger partial charge on any atom is 0.155 e. The van der Waals surface area contributed by atoms with Gasteiger partial charge in [0.1, 0.15) is 0 Å². The van der Waals surface area contributed by atoms with Gasteiger partial charge in [-0.3, -0.25) is 14.4 Å². The summed E-state index contributed by atoms with van der Waals surface area (Å²) in [6, 6.07) is 0. The molecule has 7 heteroatoms. The second-order valence-corrected chi connectivity index (χ2v) is 4.19. The average Bonchev–Trinajstić information content (AvgIpc) is 2.10. The maximum absolute atomic E-state index is 10.0. The first-order valence-corrected chi connectivity index (χ1v) is 6.02. The van der Waals surface area contributed by atoms with E-state index in [4.69, 9.17) is 15.3 Å². The summed E-state index contributed by atoms with van der Waals surface area (Å²) < 4.78 is 0. The Morgan fingerprint density at radius 3 is 0.682 bits per heavy atom. The van der Waals surface area contributed by atoms with E-state index in [-0.39, 0.29) is 67.3 Å². The van der Waals surface area contributed by atoms with Gasteiger partial charge in [0, 0.05) is 50.9 Å². The first-order valence-electron chi connectivity index (χ1n) is 6.02. The third-order valence-corrected chi connectivity index (χ3v) is 1.24. The Morgan fingerprint density at radius 1 is 0.545 bits per heavy atom. The third kappa shape index (κ3) is 51.1. The Bertz CT molecular complexity index is 368. The van der Waals surface area contributed by atoms with Crippen LogP contribution in [0.25, 0.3) is 0 Å². The monoisotopic (exact) mass is 389 g/mol. The van der Waals surface area contributed by atoms with Crippen LogP contribution in [-0.4, -0.2) is 32.7 Å². The normalized spacial score (nSPS) is 10.9. The van der Waals surface area contributed by atoms with E-state index in [1.165, 1.54) is 59.8 Å². The molecule has 0 aromatic carbocycles. The van der Waals surface area contributed by atoms with Gasteiger partial charge in [0.2, 0.25) is 0 Å². The number of hydrogen-bond acceptors (Lipinski definition) is 6. The van der Waals surface area contributed by atoms with E-state index >= 15 is 0 Å². The molecule has 0 fully saturated rings. The molecule has 0 aliphatic heterocycles. The molecular formula is C15H24O6Y. The van der Waals surface area contributed by atoms with E-state index in [1.54, 1.807) is 0 Å². The fourth-order valence-electron chi connectivity index (χ4n) is 0.882. The molecule has 0 heterocycles. The summed E-state index contributed by atoms with van der Waals surface area (Å²) in [5, 5.41) is 25.1. The van der Waals surface area contributed by atoms with E-state index < -0.39 is 0 Å². The molecule has 0 atom stereocenters. The van der Waals surface area contributed by atoms with Gasteiger partial charge in [-0.25, -0.2) is 0 Å². The predicted octanol–water partition coefficient (Wildman–Crippen LogP) is 3.11. The van der Waals surface area contributed by atoms with Crippen LogP contribution in [0.1, 0.15) is 41.5 Å². The Labute approximate surface area is 156 Å². The largest absolute Gasteiger partial charge is 0.512 e. The number of aliphatic hydroxyl groups excluding tert-OH is 3. The molecule has 0 aromatic rings. The van der Waals surface area contributed by atoms with E-state index in [0.717, 1.165) is 0 Å². The van der Waals surface area contributed by atoms with Gasteiger partial charge in [0.25, 0.3) is 0 Å². The molecule has 0 saturated heterocycles. The third-order valence-electron chi connectivity index (χ3n) is 1.24. The van der Waals surface area contributed by atoms with Crippen LogP contribution in [0.15, 0.2) is 35.5 Å². The number of carbonyl (C=O) groups excluding carboxylic acids is 3. The fraction of sp³-hybridized carbons (Fsp3) is 0.400. The summed E-state index contributed by atoms with van der Waals surface area (Å²) in [5.74, 6) is -0.187. The molecule has 0 bridgehead atoms. The SMILES string of the molecule is CC(=O)/C=C(/C)O.CC(=O)/C=C(/C)O.CC(=O)/C=C(/C)O.[Y]. The van der Waals surface area contributed by atoms with E-state index in [0.29, 0.717) is 0 Å². The second kappa shape index (κ2) is 17.8. The number of ketones is 3. The zero-order valence-corrected chi connectivity index (χ0v) is 16.7. The molecule has 123 valence electrons. The Balaban J connectivity index is -0.000000108. The number of hydrogen-bond donors (Lipinski definition) is 3. The van der Waals surface area contributed by atoms with Crippen LogP contribution in [0, 0.1) is 0 Å². The molecule has 1 radical (unpaired) electrons. The molecule has 0 aliphatic carbocycles. The van der Waals surface area contributed by atoms with Gasteiger partial charge in [-0.1, -0.05) is 0 Å². The van der Waals surface area contributed by atoms with Crippen LogP contribution >= 0.6 is 0 Å². The second-order valence-electron chi connectivity index (χ2n) is 4.19. The van der Waals surface area contributed by atoms with E-state index in [1.807, 2.05) is 0 Å². The molecule has 0 unspecified atom stereocenters. The van der Waals surface area contributed by atoms with Gasteiger partial charge in [-0.15, -0.1) is 0 Å². The summed E-state index contributed by atoms with van der Waals surface area (Å²) in [6.45, 7) is 8.54. The van der Waals surface area contributed by atoms with Crippen molar-refractivity contribution in [1.82, 2.24) is 0 Å². The smallest absolute Gasteiger partial charge is 0.155 e.